The van der Waals surface area contributed by atoms with Crippen LogP contribution in [0.4, 0.5) is 0 Å². The van der Waals surface area contributed by atoms with Crippen molar-refractivity contribution < 1.29 is 38.9 Å². The molecular weight excluding hydrogens is 560 g/mol. The van der Waals surface area contributed by atoms with Crippen LogP contribution in [0.1, 0.15) is 146 Å². The van der Waals surface area contributed by atoms with E-state index in [1.54, 1.807) is 24.3 Å². The first-order valence-electron chi connectivity index (χ1n) is 15.7. The lowest BCUT2D eigenvalue weighted by Gasteiger charge is -2.10. The fourth-order valence-corrected chi connectivity index (χ4v) is 3.95. The Bertz CT molecular complexity index is 1100. The monoisotopic (exact) mass is 612 g/mol. The molecule has 0 bridgehead atoms. The first-order chi connectivity index (χ1) is 21.1. The van der Waals surface area contributed by atoms with Crippen molar-refractivity contribution in [2.75, 3.05) is 13.2 Å². The van der Waals surface area contributed by atoms with Gasteiger partial charge < -0.3 is 19.7 Å². The molecule has 0 amide bonds. The van der Waals surface area contributed by atoms with Crippen molar-refractivity contribution in [3.63, 3.8) is 0 Å². The number of carboxylic acid groups (broad SMARTS) is 2. The summed E-state index contributed by atoms with van der Waals surface area (Å²) in [5.74, 6) is -3.35. The number of carboxylic acids is 2. The van der Waals surface area contributed by atoms with E-state index in [1.165, 1.54) is 68.4 Å². The molecular formula is C36H52O8. The molecule has 0 aromatic heterocycles. The number of benzene rings is 2. The predicted molar refractivity (Wildman–Crippen MR) is 175 cm³/mol. The molecule has 0 saturated carbocycles. The molecule has 2 aromatic carbocycles. The minimum Gasteiger partial charge on any atom is -0.478 e. The molecule has 244 valence electrons. The third-order valence-corrected chi connectivity index (χ3v) is 6.22. The zero-order chi connectivity index (χ0) is 33.2. The van der Waals surface area contributed by atoms with Crippen LogP contribution in [0, 0.1) is 0 Å². The van der Waals surface area contributed by atoms with Gasteiger partial charge in [0.1, 0.15) is 0 Å². The average molecular weight is 613 g/mol. The number of aromatic carboxylic acids is 2. The van der Waals surface area contributed by atoms with Gasteiger partial charge in [0.15, 0.2) is 0 Å². The molecule has 0 aliphatic rings. The molecule has 0 atom stereocenters. The van der Waals surface area contributed by atoms with E-state index < -0.39 is 23.9 Å². The Hall–Kier alpha value is -3.94. The van der Waals surface area contributed by atoms with Gasteiger partial charge in [0, 0.05) is 0 Å². The molecule has 0 unspecified atom stereocenters. The normalized spacial score (nSPS) is 9.91. The lowest BCUT2D eigenvalue weighted by atomic mass is 10.1. The maximum absolute atomic E-state index is 12.4. The van der Waals surface area contributed by atoms with Crippen LogP contribution >= 0.6 is 0 Å². The van der Waals surface area contributed by atoms with Crippen LogP contribution in [0.2, 0.25) is 0 Å². The van der Waals surface area contributed by atoms with Crippen molar-refractivity contribution in [3.05, 3.63) is 82.9 Å². The largest absolute Gasteiger partial charge is 0.478 e. The van der Waals surface area contributed by atoms with E-state index in [0.29, 0.717) is 24.3 Å². The Morgan fingerprint density at radius 2 is 0.818 bits per heavy atom. The van der Waals surface area contributed by atoms with Crippen LogP contribution in [-0.4, -0.2) is 47.3 Å². The zero-order valence-electron chi connectivity index (χ0n) is 27.1. The van der Waals surface area contributed by atoms with Gasteiger partial charge in [-0.2, -0.15) is 0 Å². The SMILES string of the molecule is C=C(C)C.CCCCCCCCCCOC(=O)c1ccccc1C(=O)OCCCCCC.O=C(O)c1ccccc1C(=O)O. The van der Waals surface area contributed by atoms with Gasteiger partial charge in [0.2, 0.25) is 0 Å². The molecule has 2 aromatic rings. The fraction of sp³-hybridized carbons (Fsp3) is 0.500. The first kappa shape index (κ1) is 40.1. The summed E-state index contributed by atoms with van der Waals surface area (Å²) in [6, 6.07) is 12.2. The van der Waals surface area contributed by atoms with Crippen LogP contribution in [0.5, 0.6) is 0 Å². The maximum Gasteiger partial charge on any atom is 0.339 e. The maximum atomic E-state index is 12.4. The van der Waals surface area contributed by atoms with Crippen LogP contribution in [-0.2, 0) is 9.47 Å². The molecule has 44 heavy (non-hydrogen) atoms. The molecule has 0 saturated heterocycles. The van der Waals surface area contributed by atoms with Crippen LogP contribution in [0.3, 0.4) is 0 Å². The van der Waals surface area contributed by atoms with Crippen LogP contribution < -0.4 is 0 Å². The number of allylic oxidation sites excluding steroid dienone is 1. The number of unbranched alkanes of at least 4 members (excludes halogenated alkanes) is 10. The third kappa shape index (κ3) is 19.3. The summed E-state index contributed by atoms with van der Waals surface area (Å²) in [7, 11) is 0. The number of rotatable bonds is 18. The Kier molecular flexibility index (Phi) is 23.3. The zero-order valence-corrected chi connectivity index (χ0v) is 27.1. The lowest BCUT2D eigenvalue weighted by Crippen LogP contribution is -2.15. The summed E-state index contributed by atoms with van der Waals surface area (Å²) in [6.45, 7) is 12.6. The summed E-state index contributed by atoms with van der Waals surface area (Å²) in [5, 5.41) is 17.1. The fourth-order valence-electron chi connectivity index (χ4n) is 3.95. The third-order valence-electron chi connectivity index (χ3n) is 6.22. The number of hydrogen-bond acceptors (Lipinski definition) is 6. The Morgan fingerprint density at radius 3 is 1.14 bits per heavy atom. The minimum absolute atomic E-state index is 0.190. The lowest BCUT2D eigenvalue weighted by molar-refractivity contribution is 0.0450. The molecule has 0 heterocycles. The molecule has 0 fully saturated rings. The second-order valence-corrected chi connectivity index (χ2v) is 10.7. The summed E-state index contributed by atoms with van der Waals surface area (Å²) >= 11 is 0. The van der Waals surface area contributed by atoms with Gasteiger partial charge >= 0.3 is 23.9 Å². The van der Waals surface area contributed by atoms with E-state index in [0.717, 1.165) is 38.5 Å². The highest BCUT2D eigenvalue weighted by atomic mass is 16.5. The molecule has 2 rings (SSSR count). The first-order valence-corrected chi connectivity index (χ1v) is 15.7. The summed E-state index contributed by atoms with van der Waals surface area (Å²) in [6.07, 6.45) is 13.7. The smallest absolute Gasteiger partial charge is 0.339 e. The summed E-state index contributed by atoms with van der Waals surface area (Å²) < 4.78 is 10.7. The Labute approximate surface area is 263 Å². The van der Waals surface area contributed by atoms with Crippen LogP contribution in [0.15, 0.2) is 60.7 Å². The van der Waals surface area contributed by atoms with Crippen molar-refractivity contribution in [1.29, 1.82) is 0 Å². The van der Waals surface area contributed by atoms with E-state index >= 15 is 0 Å². The molecule has 0 radical (unpaired) electrons. The molecule has 8 heteroatoms. The highest BCUT2D eigenvalue weighted by Gasteiger charge is 2.19. The highest BCUT2D eigenvalue weighted by molar-refractivity contribution is 6.03. The van der Waals surface area contributed by atoms with Gasteiger partial charge in [0.05, 0.1) is 35.5 Å². The van der Waals surface area contributed by atoms with Gasteiger partial charge in [0.25, 0.3) is 0 Å². The van der Waals surface area contributed by atoms with Crippen molar-refractivity contribution in [2.45, 2.75) is 105 Å². The number of esters is 2. The molecule has 0 aliphatic carbocycles. The highest BCUT2D eigenvalue weighted by Crippen LogP contribution is 2.14. The van der Waals surface area contributed by atoms with Gasteiger partial charge in [-0.25, -0.2) is 19.2 Å². The van der Waals surface area contributed by atoms with Crippen molar-refractivity contribution in [3.8, 4) is 0 Å². The number of carbonyl (C=O) groups excluding carboxylic acids is 2. The number of carbonyl (C=O) groups is 4. The van der Waals surface area contributed by atoms with Gasteiger partial charge in [-0.05, 0) is 51.0 Å². The van der Waals surface area contributed by atoms with Crippen molar-refractivity contribution in [1.82, 2.24) is 0 Å². The number of ether oxygens (including phenoxy) is 2. The van der Waals surface area contributed by atoms with E-state index in [1.807, 2.05) is 13.8 Å². The molecule has 2 N–H and O–H groups in total. The standard InChI is InChI=1S/C24H38O4.C8H6O4.C4H8/c1-3-5-7-9-10-11-12-16-20-28-24(26)22-18-14-13-17-21(22)23(25)27-19-15-8-6-4-2;9-7(10)5-3-1-2-4-6(5)8(11)12;1-4(2)3/h13-14,17-18H,3-12,15-16,19-20H2,1-2H3;1-4H,(H,9,10)(H,11,12);1H2,2-3H3. The second-order valence-electron chi connectivity index (χ2n) is 10.7. The average Bonchev–Trinajstić information content (AvgIpc) is 3.00. The summed E-state index contributed by atoms with van der Waals surface area (Å²) in [4.78, 5) is 45.6. The Morgan fingerprint density at radius 1 is 0.545 bits per heavy atom. The van der Waals surface area contributed by atoms with Crippen LogP contribution in [0.25, 0.3) is 0 Å². The van der Waals surface area contributed by atoms with Crippen molar-refractivity contribution in [2.24, 2.45) is 0 Å². The Balaban J connectivity index is 0.000000946. The van der Waals surface area contributed by atoms with Gasteiger partial charge in [-0.15, -0.1) is 6.58 Å². The van der Waals surface area contributed by atoms with Gasteiger partial charge in [-0.3, -0.25) is 0 Å². The molecule has 8 nitrogen and oxygen atoms in total. The van der Waals surface area contributed by atoms with E-state index in [9.17, 15) is 19.2 Å². The predicted octanol–water partition coefficient (Wildman–Crippen LogP) is 9.39. The summed E-state index contributed by atoms with van der Waals surface area (Å²) in [5.41, 5.74) is 1.37. The molecule has 0 aliphatic heterocycles. The molecule has 0 spiro atoms. The van der Waals surface area contributed by atoms with Gasteiger partial charge in [-0.1, -0.05) is 108 Å². The minimum atomic E-state index is -1.23. The van der Waals surface area contributed by atoms with E-state index in [-0.39, 0.29) is 11.1 Å². The number of hydrogen-bond donors (Lipinski definition) is 2. The van der Waals surface area contributed by atoms with Crippen molar-refractivity contribution >= 4 is 23.9 Å². The van der Waals surface area contributed by atoms with E-state index in [4.69, 9.17) is 19.7 Å². The quantitative estimate of drug-likeness (QED) is 0.0968. The van der Waals surface area contributed by atoms with E-state index in [2.05, 4.69) is 20.4 Å². The topological polar surface area (TPSA) is 127 Å². The second kappa shape index (κ2) is 25.5.